The second-order valence-corrected chi connectivity index (χ2v) is 3.98. The average molecular weight is 242 g/mol. The third-order valence-electron chi connectivity index (χ3n) is 2.31. The molecule has 0 atom stereocenters. The molecule has 0 saturated carbocycles. The lowest BCUT2D eigenvalue weighted by molar-refractivity contribution is 0.0536. The molecule has 1 aromatic rings. The average Bonchev–Trinajstić information content (AvgIpc) is 2.26. The van der Waals surface area contributed by atoms with Crippen LogP contribution in [-0.4, -0.2) is 13.0 Å². The van der Waals surface area contributed by atoms with E-state index >= 15 is 0 Å². The number of benzene rings is 1. The molecule has 1 N–H and O–H groups in total. The molecule has 0 aliphatic heterocycles. The van der Waals surface area contributed by atoms with Crippen LogP contribution in [0.1, 0.15) is 35.7 Å². The standard InChI is InChI=1S/C12H16ClNO2/c1-3-4-5-9-8-10(13)6-7-11(9)12(15)14-16-2/h6-8H,3-5H2,1-2H3,(H,14,15). The first-order chi connectivity index (χ1) is 7.69. The van der Waals surface area contributed by atoms with Crippen molar-refractivity contribution in [3.8, 4) is 0 Å². The molecule has 0 heterocycles. The summed E-state index contributed by atoms with van der Waals surface area (Å²) in [4.78, 5) is 16.3. The van der Waals surface area contributed by atoms with Gasteiger partial charge in [-0.15, -0.1) is 0 Å². The van der Waals surface area contributed by atoms with Gasteiger partial charge in [-0.25, -0.2) is 5.48 Å². The zero-order chi connectivity index (χ0) is 12.0. The number of hydroxylamine groups is 1. The van der Waals surface area contributed by atoms with Crippen molar-refractivity contribution in [2.45, 2.75) is 26.2 Å². The van der Waals surface area contributed by atoms with Crippen molar-refractivity contribution >= 4 is 17.5 Å². The lowest BCUT2D eigenvalue weighted by Crippen LogP contribution is -2.23. The number of carbonyl (C=O) groups excluding carboxylic acids is 1. The van der Waals surface area contributed by atoms with Gasteiger partial charge in [0.2, 0.25) is 0 Å². The van der Waals surface area contributed by atoms with E-state index < -0.39 is 0 Å². The van der Waals surface area contributed by atoms with Crippen molar-refractivity contribution in [3.63, 3.8) is 0 Å². The molecule has 1 rings (SSSR count). The Kier molecular flexibility index (Phi) is 5.29. The molecular formula is C12H16ClNO2. The van der Waals surface area contributed by atoms with Crippen LogP contribution in [0, 0.1) is 0 Å². The molecule has 0 unspecified atom stereocenters. The zero-order valence-corrected chi connectivity index (χ0v) is 10.3. The Labute approximate surface area is 101 Å². The van der Waals surface area contributed by atoms with E-state index in [1.807, 2.05) is 6.07 Å². The molecule has 1 amide bonds. The van der Waals surface area contributed by atoms with Crippen molar-refractivity contribution in [2.24, 2.45) is 0 Å². The van der Waals surface area contributed by atoms with Crippen molar-refractivity contribution in [3.05, 3.63) is 34.3 Å². The van der Waals surface area contributed by atoms with Gasteiger partial charge in [0.25, 0.3) is 5.91 Å². The number of rotatable bonds is 5. The molecular weight excluding hydrogens is 226 g/mol. The molecule has 0 fully saturated rings. The third-order valence-corrected chi connectivity index (χ3v) is 2.54. The quantitative estimate of drug-likeness (QED) is 0.805. The van der Waals surface area contributed by atoms with Crippen LogP contribution in [0.5, 0.6) is 0 Å². The fraction of sp³-hybridized carbons (Fsp3) is 0.417. The van der Waals surface area contributed by atoms with Gasteiger partial charge in [0, 0.05) is 10.6 Å². The van der Waals surface area contributed by atoms with Crippen molar-refractivity contribution in [1.82, 2.24) is 5.48 Å². The highest BCUT2D eigenvalue weighted by atomic mass is 35.5. The highest BCUT2D eigenvalue weighted by Gasteiger charge is 2.11. The molecule has 0 aliphatic rings. The minimum atomic E-state index is -0.231. The summed E-state index contributed by atoms with van der Waals surface area (Å²) in [6.07, 6.45) is 2.97. The van der Waals surface area contributed by atoms with Crippen LogP contribution in [0.25, 0.3) is 0 Å². The fourth-order valence-corrected chi connectivity index (χ4v) is 1.70. The molecule has 0 aliphatic carbocycles. The summed E-state index contributed by atoms with van der Waals surface area (Å²) in [6.45, 7) is 2.11. The Morgan fingerprint density at radius 1 is 1.50 bits per heavy atom. The Balaban J connectivity index is 2.92. The van der Waals surface area contributed by atoms with Crippen molar-refractivity contribution in [2.75, 3.05) is 7.11 Å². The summed E-state index contributed by atoms with van der Waals surface area (Å²) in [5, 5.41) is 0.653. The fourth-order valence-electron chi connectivity index (χ4n) is 1.51. The molecule has 4 heteroatoms. The lowest BCUT2D eigenvalue weighted by Gasteiger charge is -2.09. The van der Waals surface area contributed by atoms with Gasteiger partial charge in [-0.05, 0) is 36.6 Å². The molecule has 0 bridgehead atoms. The molecule has 0 saturated heterocycles. The van der Waals surface area contributed by atoms with Gasteiger partial charge in [0.05, 0.1) is 7.11 Å². The summed E-state index contributed by atoms with van der Waals surface area (Å²) >= 11 is 5.91. The van der Waals surface area contributed by atoms with Crippen LogP contribution in [-0.2, 0) is 11.3 Å². The predicted octanol–water partition coefficient (Wildman–Crippen LogP) is 2.97. The molecule has 0 radical (unpaired) electrons. The van der Waals surface area contributed by atoms with E-state index in [-0.39, 0.29) is 5.91 Å². The second-order valence-electron chi connectivity index (χ2n) is 3.54. The largest absolute Gasteiger partial charge is 0.277 e. The molecule has 1 aromatic carbocycles. The number of aryl methyl sites for hydroxylation is 1. The second kappa shape index (κ2) is 6.51. The Hall–Kier alpha value is -1.06. The molecule has 16 heavy (non-hydrogen) atoms. The smallest absolute Gasteiger partial charge is 0.275 e. The summed E-state index contributed by atoms with van der Waals surface area (Å²) in [7, 11) is 1.42. The monoisotopic (exact) mass is 241 g/mol. The van der Waals surface area contributed by atoms with Gasteiger partial charge in [-0.2, -0.15) is 0 Å². The molecule has 0 aromatic heterocycles. The lowest BCUT2D eigenvalue weighted by atomic mass is 10.0. The number of carbonyl (C=O) groups is 1. The van der Waals surface area contributed by atoms with E-state index in [9.17, 15) is 4.79 Å². The van der Waals surface area contributed by atoms with Gasteiger partial charge < -0.3 is 0 Å². The van der Waals surface area contributed by atoms with Crippen LogP contribution >= 0.6 is 11.6 Å². The van der Waals surface area contributed by atoms with Crippen LogP contribution in [0.15, 0.2) is 18.2 Å². The van der Waals surface area contributed by atoms with Crippen LogP contribution < -0.4 is 5.48 Å². The minimum absolute atomic E-state index is 0.231. The summed E-state index contributed by atoms with van der Waals surface area (Å²) in [5.74, 6) is -0.231. The summed E-state index contributed by atoms with van der Waals surface area (Å²) in [6, 6.07) is 5.27. The SMILES string of the molecule is CCCCc1cc(Cl)ccc1C(=O)NOC. The molecule has 3 nitrogen and oxygen atoms in total. The van der Waals surface area contributed by atoms with E-state index in [1.54, 1.807) is 12.1 Å². The highest BCUT2D eigenvalue weighted by molar-refractivity contribution is 6.30. The first kappa shape index (κ1) is 13.0. The molecule has 0 spiro atoms. The minimum Gasteiger partial charge on any atom is -0.277 e. The van der Waals surface area contributed by atoms with Crippen LogP contribution in [0.4, 0.5) is 0 Å². The Bertz CT molecular complexity index is 366. The van der Waals surface area contributed by atoms with Gasteiger partial charge in [0.15, 0.2) is 0 Å². The van der Waals surface area contributed by atoms with Gasteiger partial charge in [0.1, 0.15) is 0 Å². The van der Waals surface area contributed by atoms with Gasteiger partial charge >= 0.3 is 0 Å². The Morgan fingerprint density at radius 3 is 2.88 bits per heavy atom. The van der Waals surface area contributed by atoms with E-state index in [0.717, 1.165) is 24.8 Å². The first-order valence-electron chi connectivity index (χ1n) is 5.30. The number of hydrogen-bond acceptors (Lipinski definition) is 2. The van der Waals surface area contributed by atoms with Gasteiger partial charge in [-0.1, -0.05) is 24.9 Å². The summed E-state index contributed by atoms with van der Waals surface area (Å²) < 4.78 is 0. The maximum absolute atomic E-state index is 11.7. The number of hydrogen-bond donors (Lipinski definition) is 1. The number of unbranched alkanes of at least 4 members (excludes halogenated alkanes) is 1. The number of nitrogens with one attached hydrogen (secondary N) is 1. The number of halogens is 1. The zero-order valence-electron chi connectivity index (χ0n) is 9.55. The third kappa shape index (κ3) is 3.51. The first-order valence-corrected chi connectivity index (χ1v) is 5.68. The topological polar surface area (TPSA) is 38.3 Å². The van der Waals surface area contributed by atoms with Gasteiger partial charge in [-0.3, -0.25) is 9.63 Å². The maximum atomic E-state index is 11.7. The summed E-state index contributed by atoms with van der Waals surface area (Å²) in [5.41, 5.74) is 3.90. The number of amides is 1. The molecule has 88 valence electrons. The van der Waals surface area contributed by atoms with E-state index in [4.69, 9.17) is 11.6 Å². The normalized spacial score (nSPS) is 10.2. The van der Waals surface area contributed by atoms with E-state index in [2.05, 4.69) is 17.2 Å². The van der Waals surface area contributed by atoms with Crippen LogP contribution in [0.3, 0.4) is 0 Å². The van der Waals surface area contributed by atoms with Crippen LogP contribution in [0.2, 0.25) is 5.02 Å². The van der Waals surface area contributed by atoms with E-state index in [0.29, 0.717) is 10.6 Å². The highest BCUT2D eigenvalue weighted by Crippen LogP contribution is 2.18. The Morgan fingerprint density at radius 2 is 2.25 bits per heavy atom. The predicted molar refractivity (Wildman–Crippen MR) is 64.5 cm³/mol. The van der Waals surface area contributed by atoms with Crippen molar-refractivity contribution in [1.29, 1.82) is 0 Å². The van der Waals surface area contributed by atoms with E-state index in [1.165, 1.54) is 7.11 Å². The van der Waals surface area contributed by atoms with Crippen molar-refractivity contribution < 1.29 is 9.63 Å². The maximum Gasteiger partial charge on any atom is 0.275 e.